The summed E-state index contributed by atoms with van der Waals surface area (Å²) in [6.45, 7) is 1.77. The van der Waals surface area contributed by atoms with Crippen LogP contribution < -0.4 is 11.5 Å². The van der Waals surface area contributed by atoms with E-state index in [2.05, 4.69) is 0 Å². The number of rotatable bonds is 4. The van der Waals surface area contributed by atoms with Crippen molar-refractivity contribution in [2.24, 2.45) is 17.4 Å². The third-order valence-electron chi connectivity index (χ3n) is 2.27. The molecule has 4 heteroatoms. The van der Waals surface area contributed by atoms with Crippen LogP contribution >= 0.6 is 0 Å². The number of carbonyl (C=O) groups excluding carboxylic acids is 2. The molecule has 0 radical (unpaired) electrons. The number of amides is 2. The second-order valence-electron chi connectivity index (χ2n) is 3.57. The minimum absolute atomic E-state index is 0.204. The predicted octanol–water partition coefficient (Wildman–Crippen LogP) is 0.449. The van der Waals surface area contributed by atoms with Gasteiger partial charge in [-0.05, 0) is 24.1 Å². The van der Waals surface area contributed by atoms with E-state index in [4.69, 9.17) is 11.5 Å². The van der Waals surface area contributed by atoms with Gasteiger partial charge in [0, 0.05) is 11.5 Å². The van der Waals surface area contributed by atoms with Gasteiger partial charge in [0.15, 0.2) is 0 Å². The van der Waals surface area contributed by atoms with Crippen LogP contribution in [0.2, 0.25) is 0 Å². The van der Waals surface area contributed by atoms with Crippen LogP contribution in [-0.2, 0) is 11.2 Å². The number of primary amides is 2. The van der Waals surface area contributed by atoms with Crippen molar-refractivity contribution in [1.82, 2.24) is 0 Å². The summed E-state index contributed by atoms with van der Waals surface area (Å²) in [4.78, 5) is 21.6. The third kappa shape index (κ3) is 3.09. The highest BCUT2D eigenvalue weighted by Gasteiger charge is 2.09. The van der Waals surface area contributed by atoms with Crippen molar-refractivity contribution in [3.05, 3.63) is 35.4 Å². The number of hydrogen-bond acceptors (Lipinski definition) is 2. The van der Waals surface area contributed by atoms with Crippen molar-refractivity contribution in [1.29, 1.82) is 0 Å². The van der Waals surface area contributed by atoms with E-state index in [9.17, 15) is 9.59 Å². The Morgan fingerprint density at radius 2 is 1.73 bits per heavy atom. The average molecular weight is 206 g/mol. The van der Waals surface area contributed by atoms with Gasteiger partial charge < -0.3 is 11.5 Å². The van der Waals surface area contributed by atoms with E-state index in [1.807, 2.05) is 0 Å². The third-order valence-corrected chi connectivity index (χ3v) is 2.27. The van der Waals surface area contributed by atoms with Crippen LogP contribution in [0.4, 0.5) is 0 Å². The lowest BCUT2D eigenvalue weighted by Gasteiger charge is -2.07. The van der Waals surface area contributed by atoms with Gasteiger partial charge in [0.25, 0.3) is 0 Å². The van der Waals surface area contributed by atoms with Gasteiger partial charge in [-0.3, -0.25) is 9.59 Å². The molecule has 0 spiro atoms. The lowest BCUT2D eigenvalue weighted by molar-refractivity contribution is -0.121. The van der Waals surface area contributed by atoms with Gasteiger partial charge in [0.2, 0.25) is 11.8 Å². The van der Waals surface area contributed by atoms with Crippen LogP contribution in [-0.4, -0.2) is 11.8 Å². The summed E-state index contributed by atoms with van der Waals surface area (Å²) >= 11 is 0. The molecule has 0 aliphatic rings. The predicted molar refractivity (Wildman–Crippen MR) is 57.0 cm³/mol. The largest absolute Gasteiger partial charge is 0.369 e. The van der Waals surface area contributed by atoms with Crippen LogP contribution in [0.15, 0.2) is 24.3 Å². The second-order valence-corrected chi connectivity index (χ2v) is 3.57. The molecular formula is C11H14N2O2. The van der Waals surface area contributed by atoms with E-state index in [0.29, 0.717) is 12.0 Å². The molecule has 0 heterocycles. The Balaban J connectivity index is 2.72. The Labute approximate surface area is 88.3 Å². The lowest BCUT2D eigenvalue weighted by Crippen LogP contribution is -2.22. The summed E-state index contributed by atoms with van der Waals surface area (Å²) in [6.07, 6.45) is 0.578. The van der Waals surface area contributed by atoms with Crippen LogP contribution in [0, 0.1) is 5.92 Å². The molecule has 0 saturated heterocycles. The number of nitrogens with two attached hydrogens (primary N) is 2. The molecule has 0 saturated carbocycles. The molecular weight excluding hydrogens is 192 g/mol. The minimum atomic E-state index is -0.454. The van der Waals surface area contributed by atoms with Crippen LogP contribution in [0.1, 0.15) is 22.8 Å². The highest BCUT2D eigenvalue weighted by Crippen LogP contribution is 2.09. The Kier molecular flexibility index (Phi) is 3.44. The van der Waals surface area contributed by atoms with Gasteiger partial charge in [-0.15, -0.1) is 0 Å². The van der Waals surface area contributed by atoms with Crippen molar-refractivity contribution in [2.75, 3.05) is 0 Å². The maximum atomic E-state index is 10.8. The fourth-order valence-corrected chi connectivity index (χ4v) is 1.26. The van der Waals surface area contributed by atoms with E-state index in [0.717, 1.165) is 5.56 Å². The van der Waals surface area contributed by atoms with Gasteiger partial charge >= 0.3 is 0 Å². The first-order valence-corrected chi connectivity index (χ1v) is 4.68. The average Bonchev–Trinajstić information content (AvgIpc) is 2.18. The molecule has 1 aromatic rings. The van der Waals surface area contributed by atoms with Gasteiger partial charge in [0.1, 0.15) is 0 Å². The lowest BCUT2D eigenvalue weighted by atomic mass is 10.00. The monoisotopic (exact) mass is 206 g/mol. The summed E-state index contributed by atoms with van der Waals surface area (Å²) in [5.74, 6) is -0.983. The molecule has 0 aromatic heterocycles. The molecule has 0 aliphatic carbocycles. The molecule has 80 valence electrons. The first kappa shape index (κ1) is 11.2. The summed E-state index contributed by atoms with van der Waals surface area (Å²) < 4.78 is 0. The minimum Gasteiger partial charge on any atom is -0.369 e. The molecule has 1 rings (SSSR count). The van der Waals surface area contributed by atoms with E-state index >= 15 is 0 Å². The Morgan fingerprint density at radius 1 is 1.20 bits per heavy atom. The van der Waals surface area contributed by atoms with Crippen molar-refractivity contribution in [3.63, 3.8) is 0 Å². The van der Waals surface area contributed by atoms with Crippen LogP contribution in [0.5, 0.6) is 0 Å². The van der Waals surface area contributed by atoms with E-state index in [1.54, 1.807) is 31.2 Å². The summed E-state index contributed by atoms with van der Waals surface area (Å²) in [5.41, 5.74) is 11.7. The summed E-state index contributed by atoms with van der Waals surface area (Å²) in [5, 5.41) is 0. The molecule has 0 fully saturated rings. The Hall–Kier alpha value is -1.84. The smallest absolute Gasteiger partial charge is 0.248 e. The zero-order valence-corrected chi connectivity index (χ0v) is 8.57. The van der Waals surface area contributed by atoms with E-state index in [-0.39, 0.29) is 11.8 Å². The number of hydrogen-bond donors (Lipinski definition) is 2. The SMILES string of the molecule is CC(Cc1ccc(C(N)=O)cc1)C(N)=O. The zero-order valence-electron chi connectivity index (χ0n) is 8.57. The maximum absolute atomic E-state index is 10.8. The molecule has 0 aliphatic heterocycles. The van der Waals surface area contributed by atoms with Gasteiger partial charge in [-0.1, -0.05) is 19.1 Å². The number of carbonyl (C=O) groups is 2. The van der Waals surface area contributed by atoms with E-state index < -0.39 is 5.91 Å². The Morgan fingerprint density at radius 3 is 2.13 bits per heavy atom. The normalized spacial score (nSPS) is 12.1. The maximum Gasteiger partial charge on any atom is 0.248 e. The number of benzene rings is 1. The standard InChI is InChI=1S/C11H14N2O2/c1-7(10(12)14)6-8-2-4-9(5-3-8)11(13)15/h2-5,7H,6H2,1H3,(H2,12,14)(H2,13,15). The molecule has 0 bridgehead atoms. The summed E-state index contributed by atoms with van der Waals surface area (Å²) in [7, 11) is 0. The summed E-state index contributed by atoms with van der Waals surface area (Å²) in [6, 6.07) is 6.84. The van der Waals surface area contributed by atoms with Crippen molar-refractivity contribution in [3.8, 4) is 0 Å². The molecule has 1 aromatic carbocycles. The van der Waals surface area contributed by atoms with Crippen molar-refractivity contribution >= 4 is 11.8 Å². The van der Waals surface area contributed by atoms with Gasteiger partial charge in [-0.25, -0.2) is 0 Å². The quantitative estimate of drug-likeness (QED) is 0.749. The fourth-order valence-electron chi connectivity index (χ4n) is 1.26. The zero-order chi connectivity index (χ0) is 11.4. The molecule has 4 N–H and O–H groups in total. The highest BCUT2D eigenvalue weighted by molar-refractivity contribution is 5.92. The van der Waals surface area contributed by atoms with E-state index in [1.165, 1.54) is 0 Å². The second kappa shape index (κ2) is 4.59. The fraction of sp³-hybridized carbons (Fsp3) is 0.273. The molecule has 4 nitrogen and oxygen atoms in total. The van der Waals surface area contributed by atoms with Crippen LogP contribution in [0.3, 0.4) is 0 Å². The van der Waals surface area contributed by atoms with Crippen molar-refractivity contribution in [2.45, 2.75) is 13.3 Å². The molecule has 1 atom stereocenters. The molecule has 2 amide bonds. The van der Waals surface area contributed by atoms with Gasteiger partial charge in [-0.2, -0.15) is 0 Å². The first-order chi connectivity index (χ1) is 7.00. The van der Waals surface area contributed by atoms with Crippen molar-refractivity contribution < 1.29 is 9.59 Å². The van der Waals surface area contributed by atoms with Crippen LogP contribution in [0.25, 0.3) is 0 Å². The topological polar surface area (TPSA) is 86.2 Å². The molecule has 1 unspecified atom stereocenters. The Bertz CT molecular complexity index is 371. The van der Waals surface area contributed by atoms with Gasteiger partial charge in [0.05, 0.1) is 0 Å². The molecule has 15 heavy (non-hydrogen) atoms. The first-order valence-electron chi connectivity index (χ1n) is 4.68. The highest BCUT2D eigenvalue weighted by atomic mass is 16.1.